The van der Waals surface area contributed by atoms with Crippen LogP contribution in [0.4, 0.5) is 0 Å². The lowest BCUT2D eigenvalue weighted by molar-refractivity contribution is 0.0899. The Morgan fingerprint density at radius 2 is 2.06 bits per heavy atom. The van der Waals surface area contributed by atoms with Crippen molar-refractivity contribution in [2.45, 2.75) is 26.7 Å². The summed E-state index contributed by atoms with van der Waals surface area (Å²) >= 11 is 1.62. The average Bonchev–Trinajstić information content (AvgIpc) is 2.77. The lowest BCUT2D eigenvalue weighted by Gasteiger charge is -2.20. The second-order valence-electron chi connectivity index (χ2n) is 4.81. The van der Waals surface area contributed by atoms with Gasteiger partial charge in [0.05, 0.1) is 4.88 Å². The topological polar surface area (TPSA) is 29.1 Å². The summed E-state index contributed by atoms with van der Waals surface area (Å²) < 4.78 is 0. The number of thiophene rings is 1. The SMILES string of the molecule is CC(C)=Cc1ccc(C(=O)C2CCNCC2)s1. The van der Waals surface area contributed by atoms with Gasteiger partial charge in [-0.2, -0.15) is 0 Å². The fourth-order valence-electron chi connectivity index (χ4n) is 2.13. The van der Waals surface area contributed by atoms with E-state index >= 15 is 0 Å². The Morgan fingerprint density at radius 3 is 2.71 bits per heavy atom. The van der Waals surface area contributed by atoms with Crippen molar-refractivity contribution in [3.63, 3.8) is 0 Å². The predicted molar refractivity (Wildman–Crippen MR) is 73.6 cm³/mol. The number of rotatable bonds is 3. The number of piperidine rings is 1. The van der Waals surface area contributed by atoms with E-state index in [4.69, 9.17) is 0 Å². The van der Waals surface area contributed by atoms with Crippen molar-refractivity contribution < 1.29 is 4.79 Å². The normalized spacial score (nSPS) is 16.8. The number of ketones is 1. The third kappa shape index (κ3) is 3.27. The second kappa shape index (κ2) is 5.61. The fourth-order valence-corrected chi connectivity index (χ4v) is 3.22. The fraction of sp³-hybridized carbons (Fsp3) is 0.500. The molecule has 1 aliphatic heterocycles. The lowest BCUT2D eigenvalue weighted by Crippen LogP contribution is -2.31. The largest absolute Gasteiger partial charge is 0.317 e. The first-order valence-corrected chi connectivity index (χ1v) is 6.98. The molecule has 2 heterocycles. The van der Waals surface area contributed by atoms with Crippen LogP contribution in [0.15, 0.2) is 17.7 Å². The molecule has 0 bridgehead atoms. The molecule has 17 heavy (non-hydrogen) atoms. The molecule has 0 radical (unpaired) electrons. The van der Waals surface area contributed by atoms with Gasteiger partial charge in [-0.1, -0.05) is 5.57 Å². The summed E-state index contributed by atoms with van der Waals surface area (Å²) in [7, 11) is 0. The zero-order valence-electron chi connectivity index (χ0n) is 10.5. The molecule has 3 heteroatoms. The van der Waals surface area contributed by atoms with Crippen LogP contribution in [-0.4, -0.2) is 18.9 Å². The molecular formula is C14H19NOS. The zero-order chi connectivity index (χ0) is 12.3. The summed E-state index contributed by atoms with van der Waals surface area (Å²) in [4.78, 5) is 14.4. The number of allylic oxidation sites excluding steroid dienone is 1. The molecule has 92 valence electrons. The number of carbonyl (C=O) groups is 1. The Morgan fingerprint density at radius 1 is 1.35 bits per heavy atom. The smallest absolute Gasteiger partial charge is 0.175 e. The molecule has 0 unspecified atom stereocenters. The Balaban J connectivity index is 2.08. The first-order chi connectivity index (χ1) is 8.16. The van der Waals surface area contributed by atoms with E-state index in [2.05, 4.69) is 25.2 Å². The molecule has 1 saturated heterocycles. The highest BCUT2D eigenvalue weighted by atomic mass is 32.1. The van der Waals surface area contributed by atoms with Crippen molar-refractivity contribution in [3.8, 4) is 0 Å². The maximum Gasteiger partial charge on any atom is 0.175 e. The van der Waals surface area contributed by atoms with Crippen molar-refractivity contribution >= 4 is 23.2 Å². The number of hydrogen-bond acceptors (Lipinski definition) is 3. The minimum atomic E-state index is 0.231. The maximum atomic E-state index is 12.3. The second-order valence-corrected chi connectivity index (χ2v) is 5.93. The van der Waals surface area contributed by atoms with Crippen LogP contribution >= 0.6 is 11.3 Å². The highest BCUT2D eigenvalue weighted by molar-refractivity contribution is 7.14. The van der Waals surface area contributed by atoms with Crippen LogP contribution in [0.3, 0.4) is 0 Å². The molecule has 2 nitrogen and oxygen atoms in total. The van der Waals surface area contributed by atoms with Crippen LogP contribution in [0.5, 0.6) is 0 Å². The summed E-state index contributed by atoms with van der Waals surface area (Å²) in [5, 5.41) is 3.29. The van der Waals surface area contributed by atoms with Crippen molar-refractivity contribution in [1.82, 2.24) is 5.32 Å². The van der Waals surface area contributed by atoms with Gasteiger partial charge >= 0.3 is 0 Å². The van der Waals surface area contributed by atoms with Crippen LogP contribution in [-0.2, 0) is 0 Å². The van der Waals surface area contributed by atoms with E-state index in [0.29, 0.717) is 5.78 Å². The summed E-state index contributed by atoms with van der Waals surface area (Å²) in [6.07, 6.45) is 4.09. The van der Waals surface area contributed by atoms with Crippen molar-refractivity contribution in [2.24, 2.45) is 5.92 Å². The number of Topliss-reactive ketones (excluding diaryl/α,β-unsaturated/α-hetero) is 1. The number of carbonyl (C=O) groups excluding carboxylic acids is 1. The monoisotopic (exact) mass is 249 g/mol. The maximum absolute atomic E-state index is 12.3. The molecule has 2 rings (SSSR count). The van der Waals surface area contributed by atoms with Gasteiger partial charge in [0.25, 0.3) is 0 Å². The summed E-state index contributed by atoms with van der Waals surface area (Å²) in [6.45, 7) is 6.10. The molecule has 1 aromatic rings. The van der Waals surface area contributed by atoms with Gasteiger partial charge in [-0.3, -0.25) is 4.79 Å². The van der Waals surface area contributed by atoms with Crippen LogP contribution in [0.2, 0.25) is 0 Å². The summed E-state index contributed by atoms with van der Waals surface area (Å²) in [6, 6.07) is 4.02. The van der Waals surface area contributed by atoms with E-state index in [9.17, 15) is 4.79 Å². The highest BCUT2D eigenvalue weighted by Crippen LogP contribution is 2.25. The lowest BCUT2D eigenvalue weighted by atomic mass is 9.93. The highest BCUT2D eigenvalue weighted by Gasteiger charge is 2.23. The van der Waals surface area contributed by atoms with Crippen molar-refractivity contribution in [2.75, 3.05) is 13.1 Å². The van der Waals surface area contributed by atoms with Crippen molar-refractivity contribution in [3.05, 3.63) is 27.5 Å². The number of nitrogens with one attached hydrogen (secondary N) is 1. The first kappa shape index (κ1) is 12.5. The van der Waals surface area contributed by atoms with Gasteiger partial charge in [-0.05, 0) is 58.0 Å². The molecule has 0 saturated carbocycles. The standard InChI is InChI=1S/C14H19NOS/c1-10(2)9-12-3-4-13(17-12)14(16)11-5-7-15-8-6-11/h3-4,9,11,15H,5-8H2,1-2H3. The Hall–Kier alpha value is -0.930. The van der Waals surface area contributed by atoms with Gasteiger partial charge in [-0.15, -0.1) is 11.3 Å². The molecule has 0 aromatic carbocycles. The third-order valence-corrected chi connectivity index (χ3v) is 4.06. The molecule has 0 atom stereocenters. The van der Waals surface area contributed by atoms with E-state index in [1.165, 1.54) is 10.5 Å². The Kier molecular flexibility index (Phi) is 4.13. The molecule has 1 aromatic heterocycles. The summed E-state index contributed by atoms with van der Waals surface area (Å²) in [5.41, 5.74) is 1.27. The van der Waals surface area contributed by atoms with Crippen LogP contribution in [0, 0.1) is 5.92 Å². The zero-order valence-corrected chi connectivity index (χ0v) is 11.3. The van der Waals surface area contributed by atoms with Crippen molar-refractivity contribution in [1.29, 1.82) is 0 Å². The van der Waals surface area contributed by atoms with E-state index in [1.807, 2.05) is 12.1 Å². The molecule has 1 aliphatic rings. The Labute approximate surface area is 107 Å². The number of hydrogen-bond donors (Lipinski definition) is 1. The molecule has 1 N–H and O–H groups in total. The van der Waals surface area contributed by atoms with E-state index in [-0.39, 0.29) is 5.92 Å². The quantitative estimate of drug-likeness (QED) is 0.832. The Bertz CT molecular complexity index is 423. The van der Waals surface area contributed by atoms with E-state index in [1.54, 1.807) is 11.3 Å². The van der Waals surface area contributed by atoms with Crippen LogP contribution < -0.4 is 5.32 Å². The molecule has 0 aliphatic carbocycles. The van der Waals surface area contributed by atoms with Gasteiger partial charge in [-0.25, -0.2) is 0 Å². The predicted octanol–water partition coefficient (Wildman–Crippen LogP) is 3.35. The third-order valence-electron chi connectivity index (χ3n) is 3.01. The van der Waals surface area contributed by atoms with E-state index < -0.39 is 0 Å². The van der Waals surface area contributed by atoms with Gasteiger partial charge in [0.1, 0.15) is 0 Å². The van der Waals surface area contributed by atoms with Crippen LogP contribution in [0.1, 0.15) is 41.2 Å². The minimum absolute atomic E-state index is 0.231. The minimum Gasteiger partial charge on any atom is -0.317 e. The first-order valence-electron chi connectivity index (χ1n) is 6.16. The molecule has 0 amide bonds. The molecule has 0 spiro atoms. The van der Waals surface area contributed by atoms with E-state index in [0.717, 1.165) is 30.8 Å². The molecular weight excluding hydrogens is 230 g/mol. The van der Waals surface area contributed by atoms with Gasteiger partial charge in [0, 0.05) is 10.8 Å². The van der Waals surface area contributed by atoms with Gasteiger partial charge in [0.15, 0.2) is 5.78 Å². The molecule has 1 fully saturated rings. The van der Waals surface area contributed by atoms with Gasteiger partial charge < -0.3 is 5.32 Å². The summed E-state index contributed by atoms with van der Waals surface area (Å²) in [5.74, 6) is 0.569. The van der Waals surface area contributed by atoms with Crippen LogP contribution in [0.25, 0.3) is 6.08 Å². The van der Waals surface area contributed by atoms with Gasteiger partial charge in [0.2, 0.25) is 0 Å². The average molecular weight is 249 g/mol.